The first-order chi connectivity index (χ1) is 16.5. The molecule has 1 aliphatic rings. The smallest absolute Gasteiger partial charge is 0.240 e. The van der Waals surface area contributed by atoms with Gasteiger partial charge in [-0.2, -0.15) is 5.10 Å². The van der Waals surface area contributed by atoms with E-state index in [1.54, 1.807) is 34.0 Å². The van der Waals surface area contributed by atoms with Gasteiger partial charge < -0.3 is 19.5 Å². The van der Waals surface area contributed by atoms with Gasteiger partial charge in [-0.15, -0.1) is 5.10 Å². The number of aryl methyl sites for hydroxylation is 2. The zero-order valence-electron chi connectivity index (χ0n) is 19.5. The summed E-state index contributed by atoms with van der Waals surface area (Å²) < 4.78 is 21.5. The molecule has 34 heavy (non-hydrogen) atoms. The van der Waals surface area contributed by atoms with E-state index >= 15 is 0 Å². The first kappa shape index (κ1) is 21.7. The average molecular weight is 463 g/mol. The molecule has 5 rings (SSSR count). The fourth-order valence-corrected chi connectivity index (χ4v) is 3.66. The van der Waals surface area contributed by atoms with Crippen molar-refractivity contribution in [1.82, 2.24) is 34.5 Å². The van der Waals surface area contributed by atoms with E-state index in [0.717, 1.165) is 16.7 Å². The normalized spacial score (nSPS) is 15.4. The van der Waals surface area contributed by atoms with Gasteiger partial charge in [0.15, 0.2) is 5.82 Å². The number of anilines is 2. The average Bonchev–Trinajstić information content (AvgIpc) is 3.38. The minimum atomic E-state index is 0.0932. The Labute approximate surface area is 196 Å². The molecule has 0 amide bonds. The zero-order chi connectivity index (χ0) is 23.7. The molecule has 0 saturated carbocycles. The highest BCUT2D eigenvalue weighted by atomic mass is 16.5. The second-order valence-corrected chi connectivity index (χ2v) is 8.12. The molecule has 0 fully saturated rings. The molecule has 0 aliphatic carbocycles. The minimum Gasteiger partial charge on any atom is -0.492 e. The number of nitrogens with zero attached hydrogens (tertiary/aromatic N) is 7. The summed E-state index contributed by atoms with van der Waals surface area (Å²) in [6.45, 7) is 5.38. The Morgan fingerprint density at radius 1 is 1.09 bits per heavy atom. The van der Waals surface area contributed by atoms with Crippen molar-refractivity contribution in [3.05, 3.63) is 36.9 Å². The topological polar surface area (TPSA) is 114 Å². The quantitative estimate of drug-likeness (QED) is 0.490. The molecule has 1 N–H and O–H groups in total. The van der Waals surface area contributed by atoms with Crippen molar-refractivity contribution in [2.45, 2.75) is 13.8 Å². The van der Waals surface area contributed by atoms with Gasteiger partial charge in [0, 0.05) is 50.2 Å². The molecule has 5 heterocycles. The Balaban J connectivity index is 1.57. The Bertz CT molecular complexity index is 1320. The van der Waals surface area contributed by atoms with Crippen LogP contribution in [0.5, 0.6) is 17.5 Å². The zero-order valence-corrected chi connectivity index (χ0v) is 19.5. The molecule has 0 spiro atoms. The summed E-state index contributed by atoms with van der Waals surface area (Å²) in [7, 11) is 3.68. The van der Waals surface area contributed by atoms with E-state index in [-0.39, 0.29) is 5.92 Å². The van der Waals surface area contributed by atoms with Crippen LogP contribution in [-0.2, 0) is 14.1 Å². The number of rotatable bonds is 3. The summed E-state index contributed by atoms with van der Waals surface area (Å²) >= 11 is 0. The van der Waals surface area contributed by atoms with Gasteiger partial charge in [-0.3, -0.25) is 4.68 Å². The number of hydrogen-bond acceptors (Lipinski definition) is 9. The van der Waals surface area contributed by atoms with Gasteiger partial charge in [-0.1, -0.05) is 6.92 Å². The summed E-state index contributed by atoms with van der Waals surface area (Å²) in [5.74, 6) is 3.59. The van der Waals surface area contributed by atoms with Crippen LogP contribution in [0, 0.1) is 5.92 Å². The second kappa shape index (κ2) is 9.00. The Hall–Kier alpha value is -4.15. The van der Waals surface area contributed by atoms with Crippen LogP contribution in [0.1, 0.15) is 13.8 Å². The third-order valence-electron chi connectivity index (χ3n) is 5.30. The van der Waals surface area contributed by atoms with Crippen LogP contribution < -0.4 is 19.5 Å². The number of fused-ring (bicyclic) bond motifs is 6. The van der Waals surface area contributed by atoms with Crippen molar-refractivity contribution in [3.63, 3.8) is 0 Å². The predicted molar refractivity (Wildman–Crippen MR) is 125 cm³/mol. The lowest BCUT2D eigenvalue weighted by Gasteiger charge is -2.18. The van der Waals surface area contributed by atoms with Crippen molar-refractivity contribution in [1.29, 1.82) is 0 Å². The molecular weight excluding hydrogens is 436 g/mol. The van der Waals surface area contributed by atoms with Crippen molar-refractivity contribution in [3.8, 4) is 40.0 Å². The lowest BCUT2D eigenvalue weighted by molar-refractivity contribution is 0.180. The maximum Gasteiger partial charge on any atom is 0.240 e. The van der Waals surface area contributed by atoms with Crippen molar-refractivity contribution < 1.29 is 14.2 Å². The third kappa shape index (κ3) is 4.24. The number of aromatic nitrogens is 7. The number of ether oxygens (including phenoxy) is 3. The molecular formula is C23H26N8O3. The number of nitrogens with one attached hydrogen (secondary N) is 1. The molecule has 1 aliphatic heterocycles. The van der Waals surface area contributed by atoms with E-state index < -0.39 is 0 Å². The highest BCUT2D eigenvalue weighted by molar-refractivity contribution is 5.75. The van der Waals surface area contributed by atoms with Crippen LogP contribution in [0.4, 0.5) is 11.6 Å². The van der Waals surface area contributed by atoms with Crippen LogP contribution in [0.2, 0.25) is 0 Å². The molecule has 11 heteroatoms. The summed E-state index contributed by atoms with van der Waals surface area (Å²) in [5.41, 5.74) is 2.33. The maximum absolute atomic E-state index is 6.28. The van der Waals surface area contributed by atoms with E-state index in [2.05, 4.69) is 37.4 Å². The minimum absolute atomic E-state index is 0.0932. The van der Waals surface area contributed by atoms with Crippen molar-refractivity contribution in [2.75, 3.05) is 25.1 Å². The van der Waals surface area contributed by atoms with Gasteiger partial charge in [-0.05, 0) is 13.0 Å². The van der Waals surface area contributed by atoms with Crippen LogP contribution in [0.3, 0.4) is 0 Å². The van der Waals surface area contributed by atoms with E-state index in [1.165, 1.54) is 0 Å². The van der Waals surface area contributed by atoms with Crippen molar-refractivity contribution in [2.24, 2.45) is 20.0 Å². The molecule has 4 aromatic heterocycles. The molecule has 4 aromatic rings. The molecule has 0 radical (unpaired) electrons. The molecule has 0 saturated heterocycles. The van der Waals surface area contributed by atoms with Crippen LogP contribution in [0.15, 0.2) is 36.9 Å². The van der Waals surface area contributed by atoms with Crippen LogP contribution >= 0.6 is 0 Å². The van der Waals surface area contributed by atoms with E-state index in [0.29, 0.717) is 54.8 Å². The largest absolute Gasteiger partial charge is 0.492 e. The maximum atomic E-state index is 6.28. The lowest BCUT2D eigenvalue weighted by Crippen LogP contribution is -2.18. The number of pyridine rings is 1. The Morgan fingerprint density at radius 3 is 2.79 bits per heavy atom. The predicted octanol–water partition coefficient (Wildman–Crippen LogP) is 3.22. The first-order valence-corrected chi connectivity index (χ1v) is 11.1. The Kier molecular flexibility index (Phi) is 5.74. The monoisotopic (exact) mass is 462 g/mol. The molecule has 4 bridgehead atoms. The standard InChI is InChI=1S/C23H26N8O3/c1-5-32-22-17(11-30(3)29-22)15-9-25-20-8-18(15)33-12-14(2)13-34-23-16(10-26-31(23)4)21-24-7-6-19(27-20)28-21/h6-11,14H,5,12-13H2,1-4H3,(H,24,25,27,28). The van der Waals surface area contributed by atoms with Crippen LogP contribution in [0.25, 0.3) is 22.5 Å². The highest BCUT2D eigenvalue weighted by Crippen LogP contribution is 2.37. The van der Waals surface area contributed by atoms with Gasteiger partial charge in [0.25, 0.3) is 0 Å². The van der Waals surface area contributed by atoms with Gasteiger partial charge >= 0.3 is 0 Å². The van der Waals surface area contributed by atoms with Gasteiger partial charge in [0.05, 0.1) is 31.6 Å². The fourth-order valence-electron chi connectivity index (χ4n) is 3.66. The molecule has 1 unspecified atom stereocenters. The van der Waals surface area contributed by atoms with E-state index in [4.69, 9.17) is 14.2 Å². The molecule has 1 atom stereocenters. The summed E-state index contributed by atoms with van der Waals surface area (Å²) in [4.78, 5) is 13.7. The first-order valence-electron chi connectivity index (χ1n) is 11.1. The molecule has 0 aromatic carbocycles. The van der Waals surface area contributed by atoms with E-state index in [1.807, 2.05) is 33.3 Å². The molecule has 11 nitrogen and oxygen atoms in total. The highest BCUT2D eigenvalue weighted by Gasteiger charge is 2.20. The Morgan fingerprint density at radius 2 is 1.94 bits per heavy atom. The summed E-state index contributed by atoms with van der Waals surface area (Å²) in [6, 6.07) is 3.63. The summed E-state index contributed by atoms with van der Waals surface area (Å²) in [5, 5.41) is 12.0. The number of hydrogen-bond donors (Lipinski definition) is 1. The van der Waals surface area contributed by atoms with Gasteiger partial charge in [0.2, 0.25) is 11.8 Å². The van der Waals surface area contributed by atoms with Crippen molar-refractivity contribution >= 4 is 11.6 Å². The third-order valence-corrected chi connectivity index (χ3v) is 5.30. The van der Waals surface area contributed by atoms with E-state index in [9.17, 15) is 0 Å². The lowest BCUT2D eigenvalue weighted by atomic mass is 10.1. The van der Waals surface area contributed by atoms with Gasteiger partial charge in [-0.25, -0.2) is 19.6 Å². The second-order valence-electron chi connectivity index (χ2n) is 8.12. The van der Waals surface area contributed by atoms with Crippen LogP contribution in [-0.4, -0.2) is 54.3 Å². The fraction of sp³-hybridized carbons (Fsp3) is 0.348. The molecule has 176 valence electrons. The summed E-state index contributed by atoms with van der Waals surface area (Å²) in [6.07, 6.45) is 7.04. The SMILES string of the molecule is CCOc1nn(C)cc1-c1cnc2cc1OCC(C)COc1c(cnn1C)-c1nccc(n1)N2. The van der Waals surface area contributed by atoms with Gasteiger partial charge in [0.1, 0.15) is 22.9 Å².